The lowest BCUT2D eigenvalue weighted by Gasteiger charge is -2.33. The third kappa shape index (κ3) is 5.70. The highest BCUT2D eigenvalue weighted by Gasteiger charge is 2.30. The van der Waals surface area contributed by atoms with Crippen LogP contribution in [0.2, 0.25) is 0 Å². The van der Waals surface area contributed by atoms with Gasteiger partial charge >= 0.3 is 0 Å². The predicted octanol–water partition coefficient (Wildman–Crippen LogP) is 3.98. The molecule has 1 aromatic carbocycles. The fourth-order valence-corrected chi connectivity index (χ4v) is 3.04. The molecule has 0 unspecified atom stereocenters. The van der Waals surface area contributed by atoms with E-state index < -0.39 is 0 Å². The number of nitrogens with one attached hydrogen (secondary N) is 2. The monoisotopic (exact) mass is 316 g/mol. The number of hydrogen-bond acceptors (Lipinski definition) is 2. The van der Waals surface area contributed by atoms with Gasteiger partial charge in [-0.3, -0.25) is 9.59 Å². The second-order valence-corrected chi connectivity index (χ2v) is 8.42. The van der Waals surface area contributed by atoms with Crippen molar-refractivity contribution in [2.45, 2.75) is 59.4 Å². The summed E-state index contributed by atoms with van der Waals surface area (Å²) in [5.74, 6) is 0.170. The van der Waals surface area contributed by atoms with Crippen LogP contribution in [0.3, 0.4) is 0 Å². The predicted molar refractivity (Wildman–Crippen MR) is 93.4 cm³/mol. The van der Waals surface area contributed by atoms with E-state index >= 15 is 0 Å². The van der Waals surface area contributed by atoms with E-state index in [4.69, 9.17) is 0 Å². The number of anilines is 1. The molecule has 0 aliphatic heterocycles. The van der Waals surface area contributed by atoms with Gasteiger partial charge in [0.15, 0.2) is 0 Å². The molecule has 2 amide bonds. The molecule has 1 fully saturated rings. The first-order valence-electron chi connectivity index (χ1n) is 8.29. The Morgan fingerprint density at radius 2 is 1.61 bits per heavy atom. The minimum absolute atomic E-state index is 0.0773. The minimum atomic E-state index is -0.270. The van der Waals surface area contributed by atoms with Crippen LogP contribution >= 0.6 is 0 Å². The number of carbonyl (C=O) groups is 2. The molecule has 2 N–H and O–H groups in total. The molecular weight excluding hydrogens is 288 g/mol. The average Bonchev–Trinajstić information content (AvgIpc) is 3.19. The molecule has 0 saturated heterocycles. The van der Waals surface area contributed by atoms with Crippen molar-refractivity contribution >= 4 is 17.5 Å². The van der Waals surface area contributed by atoms with Gasteiger partial charge in [0.1, 0.15) is 0 Å². The van der Waals surface area contributed by atoms with Gasteiger partial charge in [0.2, 0.25) is 5.91 Å². The van der Waals surface area contributed by atoms with Crippen molar-refractivity contribution in [2.24, 2.45) is 11.3 Å². The Hall–Kier alpha value is -1.84. The molecule has 1 saturated carbocycles. The summed E-state index contributed by atoms with van der Waals surface area (Å²) in [7, 11) is 0. The van der Waals surface area contributed by atoms with E-state index in [1.54, 1.807) is 24.3 Å². The summed E-state index contributed by atoms with van der Waals surface area (Å²) in [6, 6.07) is 7.08. The molecule has 0 spiro atoms. The molecule has 0 aromatic heterocycles. The zero-order chi connectivity index (χ0) is 17.3. The molecule has 0 heterocycles. The minimum Gasteiger partial charge on any atom is -0.347 e. The zero-order valence-electron chi connectivity index (χ0n) is 14.8. The summed E-state index contributed by atoms with van der Waals surface area (Å²) in [4.78, 5) is 24.1. The van der Waals surface area contributed by atoms with Crippen molar-refractivity contribution in [1.29, 1.82) is 0 Å². The van der Waals surface area contributed by atoms with E-state index in [2.05, 4.69) is 31.4 Å². The molecule has 0 atom stereocenters. The second kappa shape index (κ2) is 6.34. The van der Waals surface area contributed by atoms with E-state index in [1.807, 2.05) is 13.8 Å². The van der Waals surface area contributed by atoms with Gasteiger partial charge in [0.05, 0.1) is 0 Å². The highest BCUT2D eigenvalue weighted by atomic mass is 16.2. The Kier molecular flexibility index (Phi) is 4.83. The zero-order valence-corrected chi connectivity index (χ0v) is 14.8. The van der Waals surface area contributed by atoms with Crippen molar-refractivity contribution in [3.63, 3.8) is 0 Å². The number of benzene rings is 1. The third-order valence-corrected chi connectivity index (χ3v) is 3.79. The second-order valence-electron chi connectivity index (χ2n) is 8.42. The van der Waals surface area contributed by atoms with Gasteiger partial charge in [-0.25, -0.2) is 0 Å². The average molecular weight is 316 g/mol. The highest BCUT2D eigenvalue weighted by Crippen LogP contribution is 2.30. The molecule has 4 heteroatoms. The highest BCUT2D eigenvalue weighted by molar-refractivity contribution is 5.97. The molecule has 23 heavy (non-hydrogen) atoms. The first-order valence-corrected chi connectivity index (χ1v) is 8.29. The van der Waals surface area contributed by atoms with Crippen LogP contribution in [0.1, 0.15) is 64.2 Å². The van der Waals surface area contributed by atoms with Crippen LogP contribution in [0.25, 0.3) is 0 Å². The summed E-state index contributed by atoms with van der Waals surface area (Å²) in [5, 5.41) is 5.97. The smallest absolute Gasteiger partial charge is 0.251 e. The van der Waals surface area contributed by atoms with Gasteiger partial charge in [0.25, 0.3) is 5.91 Å². The first-order chi connectivity index (χ1) is 10.6. The Morgan fingerprint density at radius 1 is 1.04 bits per heavy atom. The largest absolute Gasteiger partial charge is 0.347 e. The third-order valence-electron chi connectivity index (χ3n) is 3.79. The van der Waals surface area contributed by atoms with Crippen LogP contribution in [0.4, 0.5) is 5.69 Å². The Morgan fingerprint density at radius 3 is 2.09 bits per heavy atom. The maximum Gasteiger partial charge on any atom is 0.251 e. The molecule has 1 aliphatic carbocycles. The van der Waals surface area contributed by atoms with Gasteiger partial charge in [0, 0.05) is 22.7 Å². The molecule has 0 bridgehead atoms. The normalized spacial score (nSPS) is 15.2. The number of amides is 2. The van der Waals surface area contributed by atoms with Crippen LogP contribution < -0.4 is 10.6 Å². The fourth-order valence-electron chi connectivity index (χ4n) is 3.04. The van der Waals surface area contributed by atoms with Crippen LogP contribution in [0, 0.1) is 11.3 Å². The van der Waals surface area contributed by atoms with Crippen molar-refractivity contribution in [2.75, 3.05) is 5.32 Å². The molecular formula is C19H28N2O2. The molecule has 0 radical (unpaired) electrons. The van der Waals surface area contributed by atoms with Gasteiger partial charge in [-0.05, 0) is 62.8 Å². The molecule has 126 valence electrons. The lowest BCUT2D eigenvalue weighted by Crippen LogP contribution is -2.45. The maximum absolute atomic E-state index is 12.4. The molecule has 2 rings (SSSR count). The van der Waals surface area contributed by atoms with E-state index in [1.165, 1.54) is 0 Å². The van der Waals surface area contributed by atoms with E-state index in [-0.39, 0.29) is 28.7 Å². The topological polar surface area (TPSA) is 58.2 Å². The van der Waals surface area contributed by atoms with E-state index in [0.29, 0.717) is 5.56 Å². The lowest BCUT2D eigenvalue weighted by atomic mass is 9.81. The van der Waals surface area contributed by atoms with Gasteiger partial charge in [-0.1, -0.05) is 20.8 Å². The lowest BCUT2D eigenvalue weighted by molar-refractivity contribution is -0.117. The molecule has 4 nitrogen and oxygen atoms in total. The summed E-state index contributed by atoms with van der Waals surface area (Å²) in [6.45, 7) is 10.6. The number of hydrogen-bond donors (Lipinski definition) is 2. The maximum atomic E-state index is 12.4. The van der Waals surface area contributed by atoms with Crippen LogP contribution in [0.15, 0.2) is 24.3 Å². The summed E-state index contributed by atoms with van der Waals surface area (Å²) in [5.41, 5.74) is 1.23. The van der Waals surface area contributed by atoms with Crippen molar-refractivity contribution in [3.8, 4) is 0 Å². The summed E-state index contributed by atoms with van der Waals surface area (Å²) < 4.78 is 0. The molecule has 1 aromatic rings. The number of carbonyl (C=O) groups excluding carboxylic acids is 2. The van der Waals surface area contributed by atoms with E-state index in [9.17, 15) is 9.59 Å². The van der Waals surface area contributed by atoms with Crippen LogP contribution in [-0.4, -0.2) is 17.4 Å². The molecule has 1 aliphatic rings. The van der Waals surface area contributed by atoms with Gasteiger partial charge in [-0.15, -0.1) is 0 Å². The van der Waals surface area contributed by atoms with Crippen LogP contribution in [0.5, 0.6) is 0 Å². The first kappa shape index (κ1) is 17.5. The van der Waals surface area contributed by atoms with E-state index in [0.717, 1.165) is 24.9 Å². The van der Waals surface area contributed by atoms with Crippen LogP contribution in [-0.2, 0) is 4.79 Å². The standard InChI is InChI=1S/C19H28N2O2/c1-18(2,3)12-19(4,5)21-17(23)14-8-10-15(11-9-14)20-16(22)13-6-7-13/h8-11,13H,6-7,12H2,1-5H3,(H,20,22)(H,21,23). The SMILES string of the molecule is CC(C)(C)CC(C)(C)NC(=O)c1ccc(NC(=O)C2CC2)cc1. The quantitative estimate of drug-likeness (QED) is 0.863. The summed E-state index contributed by atoms with van der Waals surface area (Å²) >= 11 is 0. The van der Waals surface area contributed by atoms with Gasteiger partial charge < -0.3 is 10.6 Å². The van der Waals surface area contributed by atoms with Crippen molar-refractivity contribution in [3.05, 3.63) is 29.8 Å². The Balaban J connectivity index is 1.95. The van der Waals surface area contributed by atoms with Gasteiger partial charge in [-0.2, -0.15) is 0 Å². The van der Waals surface area contributed by atoms with Crippen molar-refractivity contribution < 1.29 is 9.59 Å². The number of rotatable bonds is 5. The fraction of sp³-hybridized carbons (Fsp3) is 0.579. The Bertz CT molecular complexity index is 578. The summed E-state index contributed by atoms with van der Waals surface area (Å²) in [6.07, 6.45) is 2.85. The van der Waals surface area contributed by atoms with Crippen molar-refractivity contribution in [1.82, 2.24) is 5.32 Å². The Labute approximate surface area is 139 Å².